The standard InChI is InChI=1S/C8H8O3.C2H6/c1-5-6(8(10)11)3-2-4-7(5)9;1-2/h2-4,9H,1H3,(H,10,11);1-2H3. The number of rotatable bonds is 1. The van der Waals surface area contributed by atoms with Gasteiger partial charge in [-0.2, -0.15) is 0 Å². The van der Waals surface area contributed by atoms with Crippen molar-refractivity contribution in [2.24, 2.45) is 0 Å². The van der Waals surface area contributed by atoms with Gasteiger partial charge in [0.25, 0.3) is 0 Å². The van der Waals surface area contributed by atoms with E-state index in [4.69, 9.17) is 10.2 Å². The van der Waals surface area contributed by atoms with Gasteiger partial charge in [0, 0.05) is 5.56 Å². The van der Waals surface area contributed by atoms with Crippen molar-refractivity contribution in [3.05, 3.63) is 29.3 Å². The number of hydrogen-bond donors (Lipinski definition) is 2. The quantitative estimate of drug-likeness (QED) is 0.701. The summed E-state index contributed by atoms with van der Waals surface area (Å²) in [6.45, 7) is 5.57. The molecule has 3 nitrogen and oxygen atoms in total. The highest BCUT2D eigenvalue weighted by atomic mass is 16.4. The fourth-order valence-corrected chi connectivity index (χ4v) is 0.855. The van der Waals surface area contributed by atoms with Crippen molar-refractivity contribution in [2.75, 3.05) is 0 Å². The van der Waals surface area contributed by atoms with Gasteiger partial charge in [0.15, 0.2) is 0 Å². The molecule has 0 aliphatic heterocycles. The van der Waals surface area contributed by atoms with Gasteiger partial charge >= 0.3 is 5.97 Å². The molecule has 0 spiro atoms. The van der Waals surface area contributed by atoms with E-state index in [-0.39, 0.29) is 11.3 Å². The summed E-state index contributed by atoms with van der Waals surface area (Å²) in [6, 6.07) is 4.42. The maximum Gasteiger partial charge on any atom is 0.336 e. The lowest BCUT2D eigenvalue weighted by Gasteiger charge is -2.00. The molecule has 13 heavy (non-hydrogen) atoms. The second-order valence-electron chi connectivity index (χ2n) is 2.25. The van der Waals surface area contributed by atoms with Gasteiger partial charge in [-0.15, -0.1) is 0 Å². The van der Waals surface area contributed by atoms with Crippen molar-refractivity contribution in [3.63, 3.8) is 0 Å². The Labute approximate surface area is 77.6 Å². The predicted octanol–water partition coefficient (Wildman–Crippen LogP) is 2.43. The van der Waals surface area contributed by atoms with Crippen molar-refractivity contribution in [3.8, 4) is 5.75 Å². The van der Waals surface area contributed by atoms with Gasteiger partial charge in [-0.25, -0.2) is 4.79 Å². The Balaban J connectivity index is 0.000000671. The number of carboxylic acids is 1. The van der Waals surface area contributed by atoms with Crippen LogP contribution in [0, 0.1) is 6.92 Å². The number of carbonyl (C=O) groups is 1. The molecule has 0 amide bonds. The molecule has 0 unspecified atom stereocenters. The van der Waals surface area contributed by atoms with Crippen LogP contribution in [-0.2, 0) is 0 Å². The number of carboxylic acid groups (broad SMARTS) is 1. The molecule has 0 saturated heterocycles. The molecule has 0 heterocycles. The van der Waals surface area contributed by atoms with Gasteiger partial charge in [-0.3, -0.25) is 0 Å². The Hall–Kier alpha value is -1.51. The molecule has 0 aliphatic carbocycles. The van der Waals surface area contributed by atoms with Gasteiger partial charge in [0.1, 0.15) is 5.75 Å². The third kappa shape index (κ3) is 2.78. The molecule has 1 aromatic rings. The molecular formula is C10H14O3. The summed E-state index contributed by atoms with van der Waals surface area (Å²) in [6.07, 6.45) is 0. The molecule has 0 fully saturated rings. The molecule has 0 aromatic heterocycles. The van der Waals surface area contributed by atoms with E-state index in [9.17, 15) is 4.79 Å². The maximum atomic E-state index is 10.5. The summed E-state index contributed by atoms with van der Waals surface area (Å²) in [5.74, 6) is -0.997. The second-order valence-corrected chi connectivity index (χ2v) is 2.25. The van der Waals surface area contributed by atoms with Crippen LogP contribution < -0.4 is 0 Å². The number of aromatic hydroxyl groups is 1. The predicted molar refractivity (Wildman–Crippen MR) is 51.2 cm³/mol. The third-order valence-corrected chi connectivity index (χ3v) is 1.54. The fourth-order valence-electron chi connectivity index (χ4n) is 0.855. The second kappa shape index (κ2) is 5.19. The lowest BCUT2D eigenvalue weighted by molar-refractivity contribution is 0.0695. The summed E-state index contributed by atoms with van der Waals surface area (Å²) in [4.78, 5) is 10.5. The molecule has 1 rings (SSSR count). The van der Waals surface area contributed by atoms with Crippen LogP contribution in [0.15, 0.2) is 18.2 Å². The van der Waals surface area contributed by atoms with Crippen LogP contribution in [0.1, 0.15) is 29.8 Å². The van der Waals surface area contributed by atoms with Crippen molar-refractivity contribution in [1.29, 1.82) is 0 Å². The highest BCUT2D eigenvalue weighted by Gasteiger charge is 2.08. The number of phenols is 1. The van der Waals surface area contributed by atoms with Gasteiger partial charge in [0.05, 0.1) is 5.56 Å². The molecule has 0 bridgehead atoms. The Kier molecular flexibility index (Phi) is 4.59. The largest absolute Gasteiger partial charge is 0.508 e. The Morgan fingerprint density at radius 1 is 1.31 bits per heavy atom. The number of benzene rings is 1. The van der Waals surface area contributed by atoms with Gasteiger partial charge in [-0.1, -0.05) is 19.9 Å². The third-order valence-electron chi connectivity index (χ3n) is 1.54. The van der Waals surface area contributed by atoms with Crippen LogP contribution >= 0.6 is 0 Å². The van der Waals surface area contributed by atoms with Crippen molar-refractivity contribution >= 4 is 5.97 Å². The summed E-state index contributed by atoms with van der Waals surface area (Å²) in [7, 11) is 0. The van der Waals surface area contributed by atoms with Crippen LogP contribution in [0.4, 0.5) is 0 Å². The first-order valence-electron chi connectivity index (χ1n) is 4.15. The SMILES string of the molecule is CC.Cc1c(O)cccc1C(=O)O. The van der Waals surface area contributed by atoms with Crippen LogP contribution in [0.2, 0.25) is 0 Å². The Morgan fingerprint density at radius 2 is 1.85 bits per heavy atom. The number of phenolic OH excluding ortho intramolecular Hbond substituents is 1. The molecule has 3 heteroatoms. The first kappa shape index (κ1) is 11.5. The van der Waals surface area contributed by atoms with Crippen LogP contribution in [0.25, 0.3) is 0 Å². The highest BCUT2D eigenvalue weighted by molar-refractivity contribution is 5.90. The van der Waals surface area contributed by atoms with E-state index in [1.807, 2.05) is 13.8 Å². The first-order valence-corrected chi connectivity index (χ1v) is 4.15. The normalized spacial score (nSPS) is 8.54. The maximum absolute atomic E-state index is 10.5. The van der Waals surface area contributed by atoms with E-state index in [0.29, 0.717) is 5.56 Å². The van der Waals surface area contributed by atoms with Crippen molar-refractivity contribution < 1.29 is 15.0 Å². The molecule has 1 aromatic carbocycles. The van der Waals surface area contributed by atoms with E-state index in [2.05, 4.69) is 0 Å². The molecule has 0 saturated carbocycles. The smallest absolute Gasteiger partial charge is 0.336 e. The Bertz CT molecular complexity index is 292. The number of hydrogen-bond acceptors (Lipinski definition) is 2. The minimum atomic E-state index is -1.02. The zero-order valence-electron chi connectivity index (χ0n) is 8.03. The van der Waals surface area contributed by atoms with Gasteiger partial charge in [-0.05, 0) is 19.1 Å². The molecular weight excluding hydrogens is 168 g/mol. The van der Waals surface area contributed by atoms with Crippen molar-refractivity contribution in [1.82, 2.24) is 0 Å². The zero-order chi connectivity index (χ0) is 10.4. The number of aromatic carboxylic acids is 1. The summed E-state index contributed by atoms with van der Waals surface area (Å²) in [5, 5.41) is 17.7. The zero-order valence-corrected chi connectivity index (χ0v) is 8.03. The molecule has 2 N–H and O–H groups in total. The monoisotopic (exact) mass is 182 g/mol. The Morgan fingerprint density at radius 3 is 2.23 bits per heavy atom. The molecule has 72 valence electrons. The fraction of sp³-hybridized carbons (Fsp3) is 0.300. The summed E-state index contributed by atoms with van der Waals surface area (Å²) >= 11 is 0. The topological polar surface area (TPSA) is 57.5 Å². The van der Waals surface area contributed by atoms with E-state index in [0.717, 1.165) is 0 Å². The lowest BCUT2D eigenvalue weighted by atomic mass is 10.1. The average Bonchev–Trinajstić information content (AvgIpc) is 2.13. The van der Waals surface area contributed by atoms with Crippen LogP contribution in [0.5, 0.6) is 5.75 Å². The average molecular weight is 182 g/mol. The minimum absolute atomic E-state index is 0.0184. The summed E-state index contributed by atoms with van der Waals surface area (Å²) in [5.41, 5.74) is 0.546. The minimum Gasteiger partial charge on any atom is -0.508 e. The van der Waals surface area contributed by atoms with Crippen LogP contribution in [0.3, 0.4) is 0 Å². The van der Waals surface area contributed by atoms with Crippen molar-refractivity contribution in [2.45, 2.75) is 20.8 Å². The lowest BCUT2D eigenvalue weighted by Crippen LogP contribution is -1.98. The van der Waals surface area contributed by atoms with E-state index < -0.39 is 5.97 Å². The molecule has 0 radical (unpaired) electrons. The summed E-state index contributed by atoms with van der Waals surface area (Å²) < 4.78 is 0. The van der Waals surface area contributed by atoms with Gasteiger partial charge < -0.3 is 10.2 Å². The molecule has 0 atom stereocenters. The highest BCUT2D eigenvalue weighted by Crippen LogP contribution is 2.18. The van der Waals surface area contributed by atoms with E-state index in [1.54, 1.807) is 6.92 Å². The first-order chi connectivity index (χ1) is 6.13. The van der Waals surface area contributed by atoms with E-state index in [1.165, 1.54) is 18.2 Å². The van der Waals surface area contributed by atoms with E-state index >= 15 is 0 Å². The van der Waals surface area contributed by atoms with Crippen LogP contribution in [-0.4, -0.2) is 16.2 Å². The van der Waals surface area contributed by atoms with Gasteiger partial charge in [0.2, 0.25) is 0 Å². The molecule has 0 aliphatic rings.